The van der Waals surface area contributed by atoms with Gasteiger partial charge in [-0.1, -0.05) is 30.3 Å². The molecule has 0 bridgehead atoms. The molecule has 2 saturated heterocycles. The van der Waals surface area contributed by atoms with Crippen molar-refractivity contribution >= 4 is 5.82 Å². The molecular weight excluding hydrogens is 348 g/mol. The molecule has 2 aliphatic rings. The first kappa shape index (κ1) is 18.7. The first-order valence-corrected chi connectivity index (χ1v) is 10.5. The minimum absolute atomic E-state index is 0.644. The third-order valence-electron chi connectivity index (χ3n) is 5.69. The molecule has 0 radical (unpaired) electrons. The normalized spacial score (nSPS) is 17.8. The molecular formula is C22H30N6. The van der Waals surface area contributed by atoms with Gasteiger partial charge >= 0.3 is 0 Å². The Hall–Kier alpha value is -2.60. The summed E-state index contributed by atoms with van der Waals surface area (Å²) in [6.07, 6.45) is 10.2. The molecule has 0 saturated carbocycles. The monoisotopic (exact) mass is 378 g/mol. The molecule has 3 aromatic rings. The lowest BCUT2D eigenvalue weighted by atomic mass is 9.89. The van der Waals surface area contributed by atoms with E-state index in [2.05, 4.69) is 54.9 Å². The molecule has 4 heterocycles. The number of hydrogen-bond donors (Lipinski definition) is 3. The maximum absolute atomic E-state index is 4.23. The standard InChI is InChI=1S/C14H17N3.C8H13N3/c1-2-4-12(5-3-1)14-13(10-16-17-14)11-6-8-15-9-7-11;1-2-6-11(7-3-1)8-4-5-9-10-8/h1-5,10-11,15H,6-9H2,(H,16,17);4-5H,1-3,6-7H2,(H,9,10). The van der Waals surface area contributed by atoms with Crippen molar-refractivity contribution in [1.29, 1.82) is 0 Å². The number of piperidine rings is 2. The summed E-state index contributed by atoms with van der Waals surface area (Å²) < 4.78 is 0. The van der Waals surface area contributed by atoms with Crippen LogP contribution in [0.15, 0.2) is 48.8 Å². The molecule has 0 atom stereocenters. The van der Waals surface area contributed by atoms with Crippen molar-refractivity contribution in [3.8, 4) is 11.3 Å². The van der Waals surface area contributed by atoms with Crippen molar-refractivity contribution in [1.82, 2.24) is 25.7 Å². The Balaban J connectivity index is 0.000000151. The van der Waals surface area contributed by atoms with E-state index >= 15 is 0 Å². The van der Waals surface area contributed by atoms with Gasteiger partial charge in [-0.15, -0.1) is 0 Å². The van der Waals surface area contributed by atoms with E-state index in [-0.39, 0.29) is 0 Å². The molecule has 6 heteroatoms. The fourth-order valence-electron chi connectivity index (χ4n) is 4.13. The van der Waals surface area contributed by atoms with Gasteiger partial charge in [-0.05, 0) is 56.7 Å². The Kier molecular flexibility index (Phi) is 6.40. The van der Waals surface area contributed by atoms with Gasteiger partial charge in [0.05, 0.1) is 18.1 Å². The van der Waals surface area contributed by atoms with E-state index in [0.717, 1.165) is 13.1 Å². The van der Waals surface area contributed by atoms with Crippen molar-refractivity contribution in [3.05, 3.63) is 54.4 Å². The van der Waals surface area contributed by atoms with Crippen molar-refractivity contribution in [3.63, 3.8) is 0 Å². The number of hydrogen-bond acceptors (Lipinski definition) is 4. The molecule has 2 aliphatic heterocycles. The van der Waals surface area contributed by atoms with Crippen LogP contribution < -0.4 is 10.2 Å². The quantitative estimate of drug-likeness (QED) is 0.645. The number of benzene rings is 1. The van der Waals surface area contributed by atoms with Crippen LogP contribution in [0.2, 0.25) is 0 Å². The number of aromatic nitrogens is 4. The summed E-state index contributed by atoms with van der Waals surface area (Å²) in [5.41, 5.74) is 3.80. The Morgan fingerprint density at radius 2 is 1.64 bits per heavy atom. The van der Waals surface area contributed by atoms with Gasteiger partial charge in [0.15, 0.2) is 0 Å². The average Bonchev–Trinajstić information content (AvgIpc) is 3.49. The third kappa shape index (κ3) is 4.62. The highest BCUT2D eigenvalue weighted by Gasteiger charge is 2.20. The number of nitrogens with one attached hydrogen (secondary N) is 3. The number of anilines is 1. The van der Waals surface area contributed by atoms with Gasteiger partial charge in [-0.25, -0.2) is 0 Å². The Morgan fingerprint density at radius 3 is 2.36 bits per heavy atom. The minimum Gasteiger partial charge on any atom is -0.357 e. The average molecular weight is 379 g/mol. The zero-order chi connectivity index (χ0) is 19.0. The Labute approximate surface area is 166 Å². The summed E-state index contributed by atoms with van der Waals surface area (Å²) in [6, 6.07) is 12.5. The summed E-state index contributed by atoms with van der Waals surface area (Å²) in [6.45, 7) is 4.60. The summed E-state index contributed by atoms with van der Waals surface area (Å²) in [5, 5.41) is 17.7. The highest BCUT2D eigenvalue weighted by Crippen LogP contribution is 2.32. The van der Waals surface area contributed by atoms with Crippen LogP contribution in [-0.4, -0.2) is 46.6 Å². The fraction of sp³-hybridized carbons (Fsp3) is 0.455. The fourth-order valence-corrected chi connectivity index (χ4v) is 4.13. The van der Waals surface area contributed by atoms with Crippen LogP contribution >= 0.6 is 0 Å². The van der Waals surface area contributed by atoms with E-state index in [1.807, 2.05) is 24.5 Å². The van der Waals surface area contributed by atoms with Gasteiger partial charge in [0.1, 0.15) is 5.82 Å². The lowest BCUT2D eigenvalue weighted by Crippen LogP contribution is -2.29. The Bertz CT molecular complexity index is 799. The number of nitrogens with zero attached hydrogens (tertiary/aromatic N) is 3. The molecule has 0 spiro atoms. The zero-order valence-electron chi connectivity index (χ0n) is 16.4. The van der Waals surface area contributed by atoms with Gasteiger partial charge in [0, 0.05) is 24.7 Å². The molecule has 3 N–H and O–H groups in total. The first-order valence-electron chi connectivity index (χ1n) is 10.5. The summed E-state index contributed by atoms with van der Waals surface area (Å²) in [7, 11) is 0. The van der Waals surface area contributed by atoms with E-state index in [4.69, 9.17) is 0 Å². The second-order valence-electron chi connectivity index (χ2n) is 7.58. The van der Waals surface area contributed by atoms with Gasteiger partial charge in [0.25, 0.3) is 0 Å². The topological polar surface area (TPSA) is 72.6 Å². The maximum atomic E-state index is 4.23. The second-order valence-corrected chi connectivity index (χ2v) is 7.58. The molecule has 2 fully saturated rings. The SMILES string of the molecule is c1cc(N2CCCCC2)[nH]n1.c1ccc(-c2[nH]ncc2C2CCNCC2)cc1. The number of H-pyrrole nitrogens is 2. The predicted octanol–water partition coefficient (Wildman–Crippen LogP) is 3.94. The largest absolute Gasteiger partial charge is 0.357 e. The van der Waals surface area contributed by atoms with Gasteiger partial charge < -0.3 is 10.2 Å². The molecule has 0 aliphatic carbocycles. The van der Waals surface area contributed by atoms with Crippen molar-refractivity contribution in [2.75, 3.05) is 31.1 Å². The maximum Gasteiger partial charge on any atom is 0.123 e. The van der Waals surface area contributed by atoms with Crippen LogP contribution in [-0.2, 0) is 0 Å². The van der Waals surface area contributed by atoms with E-state index in [0.29, 0.717) is 5.92 Å². The zero-order valence-corrected chi connectivity index (χ0v) is 16.4. The summed E-state index contributed by atoms with van der Waals surface area (Å²) >= 11 is 0. The number of aromatic amines is 2. The molecule has 5 rings (SSSR count). The van der Waals surface area contributed by atoms with E-state index in [1.54, 1.807) is 0 Å². The summed E-state index contributed by atoms with van der Waals surface area (Å²) in [4.78, 5) is 2.36. The molecule has 0 amide bonds. The second kappa shape index (κ2) is 9.55. The van der Waals surface area contributed by atoms with Crippen molar-refractivity contribution < 1.29 is 0 Å². The molecule has 148 valence electrons. The van der Waals surface area contributed by atoms with Crippen molar-refractivity contribution in [2.45, 2.75) is 38.0 Å². The highest BCUT2D eigenvalue weighted by atomic mass is 15.3. The lowest BCUT2D eigenvalue weighted by molar-refractivity contribution is 0.461. The van der Waals surface area contributed by atoms with Crippen molar-refractivity contribution in [2.24, 2.45) is 0 Å². The van der Waals surface area contributed by atoms with E-state index < -0.39 is 0 Å². The van der Waals surface area contributed by atoms with E-state index in [1.165, 1.54) is 67.8 Å². The predicted molar refractivity (Wildman–Crippen MR) is 114 cm³/mol. The van der Waals surface area contributed by atoms with Crippen LogP contribution in [0.5, 0.6) is 0 Å². The smallest absolute Gasteiger partial charge is 0.123 e. The Morgan fingerprint density at radius 1 is 0.857 bits per heavy atom. The molecule has 1 aromatic carbocycles. The molecule has 0 unspecified atom stereocenters. The van der Waals surface area contributed by atoms with Gasteiger partial charge in [0.2, 0.25) is 0 Å². The van der Waals surface area contributed by atoms with Crippen LogP contribution in [0.3, 0.4) is 0 Å². The van der Waals surface area contributed by atoms with Crippen LogP contribution in [0, 0.1) is 0 Å². The van der Waals surface area contributed by atoms with Crippen LogP contribution in [0.4, 0.5) is 5.82 Å². The molecule has 6 nitrogen and oxygen atoms in total. The summed E-state index contributed by atoms with van der Waals surface area (Å²) in [5.74, 6) is 1.81. The lowest BCUT2D eigenvalue weighted by Gasteiger charge is -2.26. The highest BCUT2D eigenvalue weighted by molar-refractivity contribution is 5.63. The van der Waals surface area contributed by atoms with E-state index in [9.17, 15) is 0 Å². The first-order chi connectivity index (χ1) is 13.9. The number of rotatable bonds is 3. The minimum atomic E-state index is 0.644. The van der Waals surface area contributed by atoms with Gasteiger partial charge in [-0.3, -0.25) is 10.2 Å². The van der Waals surface area contributed by atoms with Crippen LogP contribution in [0.25, 0.3) is 11.3 Å². The van der Waals surface area contributed by atoms with Crippen LogP contribution in [0.1, 0.15) is 43.6 Å². The third-order valence-corrected chi connectivity index (χ3v) is 5.69. The van der Waals surface area contributed by atoms with Gasteiger partial charge in [-0.2, -0.15) is 10.2 Å². The molecule has 28 heavy (non-hydrogen) atoms. The molecule has 2 aromatic heterocycles.